The molecule has 0 bridgehead atoms. The van der Waals surface area contributed by atoms with Crippen LogP contribution in [0, 0.1) is 0 Å². The van der Waals surface area contributed by atoms with Crippen LogP contribution in [-0.4, -0.2) is 28.1 Å². The number of nitrogens with zero attached hydrogens (tertiary/aromatic N) is 1. The molecule has 0 aliphatic rings. The van der Waals surface area contributed by atoms with E-state index in [1.165, 1.54) is 11.1 Å². The molecule has 0 aromatic rings. The zero-order valence-electron chi connectivity index (χ0n) is 8.23. The molecular weight excluding hydrogens is 269 g/mol. The lowest BCUT2D eigenvalue weighted by molar-refractivity contribution is 0.532. The van der Waals surface area contributed by atoms with Crippen molar-refractivity contribution in [3.8, 4) is 0 Å². The summed E-state index contributed by atoms with van der Waals surface area (Å²) in [6, 6.07) is 0. The predicted octanol–water partition coefficient (Wildman–Crippen LogP) is 4.00. The van der Waals surface area contributed by atoms with E-state index in [-0.39, 0.29) is 0 Å². The zero-order valence-corrected chi connectivity index (χ0v) is 11.4. The van der Waals surface area contributed by atoms with Gasteiger partial charge in [-0.2, -0.15) is 0 Å². The van der Waals surface area contributed by atoms with Crippen LogP contribution in [0.25, 0.3) is 0 Å². The third kappa shape index (κ3) is 7.91. The summed E-state index contributed by atoms with van der Waals surface area (Å²) in [5.74, 6) is 0.810. The molecule has 0 aliphatic carbocycles. The van der Waals surface area contributed by atoms with E-state index >= 15 is 0 Å². The Kier molecular flexibility index (Phi) is 10.6. The van der Waals surface area contributed by atoms with Crippen molar-refractivity contribution < 1.29 is 0 Å². The van der Waals surface area contributed by atoms with E-state index in [2.05, 4.69) is 6.58 Å². The number of thioether (sulfide) groups is 1. The minimum Gasteiger partial charge on any atom is -0.350 e. The largest absolute Gasteiger partial charge is 0.350 e. The fourth-order valence-electron chi connectivity index (χ4n) is 0.779. The van der Waals surface area contributed by atoms with Gasteiger partial charge in [0.15, 0.2) is 0 Å². The summed E-state index contributed by atoms with van der Waals surface area (Å²) in [6.45, 7) is 5.02. The van der Waals surface area contributed by atoms with Crippen LogP contribution in [-0.2, 0) is 0 Å². The molecule has 0 aromatic carbocycles. The molecule has 0 spiro atoms. The van der Waals surface area contributed by atoms with Gasteiger partial charge in [0.1, 0.15) is 4.32 Å². The molecule has 0 rings (SSSR count). The average molecular weight is 282 g/mol. The topological polar surface area (TPSA) is 3.24 Å². The molecule has 0 radical (unpaired) electrons. The maximum Gasteiger partial charge on any atom is 0.137 e. The summed E-state index contributed by atoms with van der Waals surface area (Å²) in [6.07, 6.45) is 5.50. The molecule has 0 fully saturated rings. The van der Waals surface area contributed by atoms with Gasteiger partial charge in [0.25, 0.3) is 0 Å². The van der Waals surface area contributed by atoms with Gasteiger partial charge in [-0.3, -0.25) is 0 Å². The molecule has 1 nitrogen and oxygen atoms in total. The Morgan fingerprint density at radius 1 is 1.27 bits per heavy atom. The molecular formula is C10H13Cl2NS2. The second kappa shape index (κ2) is 10.6. The van der Waals surface area contributed by atoms with E-state index in [1.807, 2.05) is 23.1 Å². The number of rotatable bonds is 6. The number of thiocarbonyl (C=S) groups is 1. The summed E-state index contributed by atoms with van der Waals surface area (Å²) >= 11 is 17.8. The lowest BCUT2D eigenvalue weighted by atomic mass is 10.5. The third-order valence-electron chi connectivity index (χ3n) is 1.41. The van der Waals surface area contributed by atoms with Crippen molar-refractivity contribution in [2.75, 3.05) is 18.8 Å². The smallest absolute Gasteiger partial charge is 0.137 e. The van der Waals surface area contributed by atoms with Crippen molar-refractivity contribution in [2.45, 2.75) is 0 Å². The van der Waals surface area contributed by atoms with Crippen LogP contribution in [0.3, 0.4) is 0 Å². The maximum atomic E-state index is 5.47. The summed E-state index contributed by atoms with van der Waals surface area (Å²) in [7, 11) is 0. The lowest BCUT2D eigenvalue weighted by Crippen LogP contribution is -2.27. The molecule has 0 saturated carbocycles. The highest BCUT2D eigenvalue weighted by atomic mass is 35.5. The predicted molar refractivity (Wildman–Crippen MR) is 76.8 cm³/mol. The van der Waals surface area contributed by atoms with Crippen molar-refractivity contribution in [1.82, 2.24) is 4.90 Å². The van der Waals surface area contributed by atoms with Crippen molar-refractivity contribution >= 4 is 51.5 Å². The molecule has 0 N–H and O–H groups in total. The molecule has 15 heavy (non-hydrogen) atoms. The van der Waals surface area contributed by atoms with E-state index in [9.17, 15) is 0 Å². The first-order valence-electron chi connectivity index (χ1n) is 4.29. The quantitative estimate of drug-likeness (QED) is 0.535. The third-order valence-corrected chi connectivity index (χ3v) is 3.29. The first-order valence-corrected chi connectivity index (χ1v) is 6.56. The van der Waals surface area contributed by atoms with Gasteiger partial charge < -0.3 is 4.90 Å². The van der Waals surface area contributed by atoms with Gasteiger partial charge in [-0.05, 0) is 0 Å². The SMILES string of the molecule is C=CCSC(=S)N(CC=CCl)CC=CCl. The lowest BCUT2D eigenvalue weighted by Gasteiger charge is -2.21. The molecule has 0 amide bonds. The first-order chi connectivity index (χ1) is 7.26. The van der Waals surface area contributed by atoms with E-state index < -0.39 is 0 Å². The fraction of sp³-hybridized carbons (Fsp3) is 0.300. The summed E-state index contributed by atoms with van der Waals surface area (Å²) < 4.78 is 0.819. The van der Waals surface area contributed by atoms with Crippen molar-refractivity contribution in [2.24, 2.45) is 0 Å². The van der Waals surface area contributed by atoms with Crippen molar-refractivity contribution in [3.05, 3.63) is 35.9 Å². The van der Waals surface area contributed by atoms with Crippen LogP contribution in [0.1, 0.15) is 0 Å². The monoisotopic (exact) mass is 281 g/mol. The Labute approximate surface area is 111 Å². The Morgan fingerprint density at radius 3 is 2.20 bits per heavy atom. The Morgan fingerprint density at radius 2 is 1.80 bits per heavy atom. The number of hydrogen-bond acceptors (Lipinski definition) is 2. The van der Waals surface area contributed by atoms with Gasteiger partial charge in [-0.15, -0.1) is 6.58 Å². The van der Waals surface area contributed by atoms with Gasteiger partial charge in [-0.25, -0.2) is 0 Å². The highest BCUT2D eigenvalue weighted by Gasteiger charge is 2.05. The Bertz CT molecular complexity index is 238. The van der Waals surface area contributed by atoms with E-state index in [0.29, 0.717) is 13.1 Å². The summed E-state index contributed by atoms with van der Waals surface area (Å²) in [5, 5.41) is 0. The van der Waals surface area contributed by atoms with Gasteiger partial charge in [0.05, 0.1) is 0 Å². The molecule has 0 unspecified atom stereocenters. The normalized spacial score (nSPS) is 11.1. The number of hydrogen-bond donors (Lipinski definition) is 0. The molecule has 0 saturated heterocycles. The van der Waals surface area contributed by atoms with Gasteiger partial charge in [0, 0.05) is 29.9 Å². The van der Waals surface area contributed by atoms with Crippen LogP contribution in [0.5, 0.6) is 0 Å². The molecule has 0 heterocycles. The molecule has 0 aromatic heterocycles. The van der Waals surface area contributed by atoms with E-state index in [4.69, 9.17) is 35.4 Å². The molecule has 0 aliphatic heterocycles. The van der Waals surface area contributed by atoms with Crippen LogP contribution < -0.4 is 0 Å². The van der Waals surface area contributed by atoms with Crippen molar-refractivity contribution in [3.63, 3.8) is 0 Å². The van der Waals surface area contributed by atoms with Crippen molar-refractivity contribution in [1.29, 1.82) is 0 Å². The fourth-order valence-corrected chi connectivity index (χ4v) is 1.88. The van der Waals surface area contributed by atoms with Gasteiger partial charge in [0.2, 0.25) is 0 Å². The van der Waals surface area contributed by atoms with Crippen LogP contribution in [0.2, 0.25) is 0 Å². The van der Waals surface area contributed by atoms with E-state index in [0.717, 1.165) is 10.1 Å². The number of halogens is 2. The van der Waals surface area contributed by atoms with Crippen LogP contribution in [0.15, 0.2) is 35.9 Å². The highest BCUT2D eigenvalue weighted by molar-refractivity contribution is 8.23. The summed E-state index contributed by atoms with van der Waals surface area (Å²) in [5.41, 5.74) is 2.97. The Hall–Kier alpha value is 0.0400. The maximum absolute atomic E-state index is 5.47. The second-order valence-corrected chi connectivity index (χ2v) is 4.65. The Balaban J connectivity index is 4.18. The molecule has 0 atom stereocenters. The average Bonchev–Trinajstić information content (AvgIpc) is 2.26. The summed E-state index contributed by atoms with van der Waals surface area (Å²) in [4.78, 5) is 2.00. The highest BCUT2D eigenvalue weighted by Crippen LogP contribution is 2.10. The molecule has 5 heteroatoms. The minimum absolute atomic E-state index is 0.688. The zero-order chi connectivity index (χ0) is 11.5. The second-order valence-electron chi connectivity index (χ2n) is 2.49. The first kappa shape index (κ1) is 15.0. The van der Waals surface area contributed by atoms with Gasteiger partial charge in [-0.1, -0.05) is 65.4 Å². The van der Waals surface area contributed by atoms with Gasteiger partial charge >= 0.3 is 0 Å². The standard InChI is InChI=1S/C10H13Cl2NS2/c1-2-9-15-10(14)13(7-3-5-11)8-4-6-12/h2-6H,1,7-9H2. The van der Waals surface area contributed by atoms with Crippen LogP contribution >= 0.6 is 47.2 Å². The minimum atomic E-state index is 0.688. The van der Waals surface area contributed by atoms with E-state index in [1.54, 1.807) is 11.8 Å². The molecule has 84 valence electrons. The van der Waals surface area contributed by atoms with Crippen LogP contribution in [0.4, 0.5) is 0 Å².